The van der Waals surface area contributed by atoms with Crippen LogP contribution in [0.2, 0.25) is 0 Å². The van der Waals surface area contributed by atoms with E-state index in [1.807, 2.05) is 0 Å². The van der Waals surface area contributed by atoms with Crippen LogP contribution >= 0.6 is 0 Å². The minimum absolute atomic E-state index is 0.146. The molecule has 0 aliphatic heterocycles. The van der Waals surface area contributed by atoms with Gasteiger partial charge in [-0.25, -0.2) is 4.79 Å². The van der Waals surface area contributed by atoms with Crippen LogP contribution in [0.4, 0.5) is 34.1 Å². The van der Waals surface area contributed by atoms with E-state index in [2.05, 4.69) is 10.6 Å². The van der Waals surface area contributed by atoms with Gasteiger partial charge >= 0.3 is 5.97 Å². The van der Waals surface area contributed by atoms with Gasteiger partial charge in [0.1, 0.15) is 0 Å². The minimum Gasteiger partial charge on any atom is -0.478 e. The Hall–Kier alpha value is -4.73. The van der Waals surface area contributed by atoms with E-state index in [1.165, 1.54) is 54.6 Å². The fraction of sp³-hybridized carbons (Fsp3) is 0. The molecule has 11 N–H and O–H groups in total. The van der Waals surface area contributed by atoms with Crippen molar-refractivity contribution in [2.24, 2.45) is 0 Å². The highest BCUT2D eigenvalue weighted by atomic mass is 16.4. The van der Waals surface area contributed by atoms with Crippen LogP contribution in [0.5, 0.6) is 0 Å². The zero-order valence-electron chi connectivity index (χ0n) is 16.2. The minimum atomic E-state index is -1.24. The SMILES string of the molecule is Nc1cc(N)cc(C(=O)Nc2cc(NC(=O)c3cc(N)cc(N)c3)cc(C(=O)O)c2)c1. The molecule has 158 valence electrons. The van der Waals surface area contributed by atoms with Gasteiger partial charge in [-0.1, -0.05) is 0 Å². The monoisotopic (exact) mass is 420 g/mol. The quantitative estimate of drug-likeness (QED) is 0.304. The van der Waals surface area contributed by atoms with Gasteiger partial charge in [-0.05, 0) is 54.6 Å². The lowest BCUT2D eigenvalue weighted by atomic mass is 10.1. The van der Waals surface area contributed by atoms with E-state index in [0.717, 1.165) is 0 Å². The van der Waals surface area contributed by atoms with Gasteiger partial charge in [0, 0.05) is 45.3 Å². The lowest BCUT2D eigenvalue weighted by Gasteiger charge is -2.12. The van der Waals surface area contributed by atoms with Crippen molar-refractivity contribution in [1.29, 1.82) is 0 Å². The molecule has 2 amide bonds. The average Bonchev–Trinajstić information content (AvgIpc) is 2.66. The van der Waals surface area contributed by atoms with Crippen LogP contribution in [-0.4, -0.2) is 22.9 Å². The van der Waals surface area contributed by atoms with E-state index >= 15 is 0 Å². The number of hydrogen-bond acceptors (Lipinski definition) is 7. The second-order valence-electron chi connectivity index (χ2n) is 6.79. The topological polar surface area (TPSA) is 200 Å². The molecule has 0 spiro atoms. The van der Waals surface area contributed by atoms with Gasteiger partial charge in [0.05, 0.1) is 5.56 Å². The Labute approximate surface area is 176 Å². The molecule has 0 aromatic heterocycles. The second kappa shape index (κ2) is 8.33. The number of aromatic carboxylic acids is 1. The first-order valence-corrected chi connectivity index (χ1v) is 8.94. The van der Waals surface area contributed by atoms with Crippen LogP contribution in [0.3, 0.4) is 0 Å². The van der Waals surface area contributed by atoms with Gasteiger partial charge in [0.25, 0.3) is 11.8 Å². The summed E-state index contributed by atoms with van der Waals surface area (Å²) in [7, 11) is 0. The van der Waals surface area contributed by atoms with Crippen molar-refractivity contribution < 1.29 is 19.5 Å². The van der Waals surface area contributed by atoms with Gasteiger partial charge in [0.15, 0.2) is 0 Å². The smallest absolute Gasteiger partial charge is 0.335 e. The zero-order chi connectivity index (χ0) is 22.7. The molecule has 0 aliphatic carbocycles. The van der Waals surface area contributed by atoms with Crippen molar-refractivity contribution in [3.63, 3.8) is 0 Å². The van der Waals surface area contributed by atoms with Crippen molar-refractivity contribution in [1.82, 2.24) is 0 Å². The lowest BCUT2D eigenvalue weighted by molar-refractivity contribution is 0.0696. The number of carboxylic acids is 1. The van der Waals surface area contributed by atoms with E-state index in [1.54, 1.807) is 0 Å². The first-order chi connectivity index (χ1) is 14.6. The standard InChI is InChI=1S/C21H20N6O4/c22-13-1-10(2-14(23)7-13)19(28)26-17-5-12(21(30)31)6-18(9-17)27-20(29)11-3-15(24)8-16(25)4-11/h1-9H,22-25H2,(H,26,28)(H,27,29)(H,30,31). The fourth-order valence-corrected chi connectivity index (χ4v) is 2.92. The summed E-state index contributed by atoms with van der Waals surface area (Å²) in [5.74, 6) is -2.35. The van der Waals surface area contributed by atoms with E-state index in [-0.39, 0.29) is 28.1 Å². The van der Waals surface area contributed by atoms with Crippen molar-refractivity contribution >= 4 is 51.9 Å². The van der Waals surface area contributed by atoms with Crippen molar-refractivity contribution in [2.45, 2.75) is 0 Å². The number of nitrogens with two attached hydrogens (primary N) is 4. The van der Waals surface area contributed by atoms with Gasteiger partial charge in [0.2, 0.25) is 0 Å². The van der Waals surface area contributed by atoms with E-state index in [0.29, 0.717) is 22.7 Å². The Bertz CT molecular complexity index is 1080. The molecule has 0 saturated heterocycles. The maximum atomic E-state index is 12.5. The summed E-state index contributed by atoms with van der Waals surface area (Å²) in [5.41, 5.74) is 24.6. The van der Waals surface area contributed by atoms with Crippen molar-refractivity contribution in [3.05, 3.63) is 71.3 Å². The molecule has 0 heterocycles. The Kier molecular flexibility index (Phi) is 5.64. The molecule has 10 nitrogen and oxygen atoms in total. The Morgan fingerprint density at radius 1 is 0.548 bits per heavy atom. The zero-order valence-corrected chi connectivity index (χ0v) is 16.2. The molecular weight excluding hydrogens is 400 g/mol. The predicted molar refractivity (Wildman–Crippen MR) is 120 cm³/mol. The molecular formula is C21H20N6O4. The number of carbonyl (C=O) groups is 3. The van der Waals surface area contributed by atoms with Gasteiger partial charge in [-0.3, -0.25) is 9.59 Å². The molecule has 0 unspecified atom stereocenters. The highest BCUT2D eigenvalue weighted by Gasteiger charge is 2.14. The third-order valence-electron chi connectivity index (χ3n) is 4.18. The number of amides is 2. The highest BCUT2D eigenvalue weighted by Crippen LogP contribution is 2.23. The van der Waals surface area contributed by atoms with Gasteiger partial charge in [-0.2, -0.15) is 0 Å². The summed E-state index contributed by atoms with van der Waals surface area (Å²) in [6, 6.07) is 12.6. The first-order valence-electron chi connectivity index (χ1n) is 8.94. The van der Waals surface area contributed by atoms with Crippen LogP contribution in [0.15, 0.2) is 54.6 Å². The number of benzene rings is 3. The van der Waals surface area contributed by atoms with Gasteiger partial charge in [-0.15, -0.1) is 0 Å². The summed E-state index contributed by atoms with van der Waals surface area (Å²) in [6.45, 7) is 0. The summed E-state index contributed by atoms with van der Waals surface area (Å²) < 4.78 is 0. The highest BCUT2D eigenvalue weighted by molar-refractivity contribution is 6.08. The predicted octanol–water partition coefficient (Wildman–Crippen LogP) is 2.22. The molecule has 3 aromatic rings. The Morgan fingerprint density at radius 3 is 1.23 bits per heavy atom. The molecule has 10 heteroatoms. The normalized spacial score (nSPS) is 10.3. The van der Waals surface area contributed by atoms with Crippen LogP contribution < -0.4 is 33.6 Å². The third kappa shape index (κ3) is 5.21. The number of nitrogen functional groups attached to an aromatic ring is 4. The molecule has 0 bridgehead atoms. The third-order valence-corrected chi connectivity index (χ3v) is 4.18. The number of carbonyl (C=O) groups excluding carboxylic acids is 2. The largest absolute Gasteiger partial charge is 0.478 e. The molecule has 0 fully saturated rings. The van der Waals surface area contributed by atoms with E-state index < -0.39 is 17.8 Å². The summed E-state index contributed by atoms with van der Waals surface area (Å²) >= 11 is 0. The van der Waals surface area contributed by atoms with Crippen molar-refractivity contribution in [3.8, 4) is 0 Å². The van der Waals surface area contributed by atoms with Crippen LogP contribution in [0.25, 0.3) is 0 Å². The van der Waals surface area contributed by atoms with Crippen LogP contribution in [0.1, 0.15) is 31.1 Å². The molecule has 3 aromatic carbocycles. The lowest BCUT2D eigenvalue weighted by Crippen LogP contribution is -2.16. The van der Waals surface area contributed by atoms with E-state index in [9.17, 15) is 19.5 Å². The number of hydrogen-bond donors (Lipinski definition) is 7. The molecule has 0 aliphatic rings. The summed E-state index contributed by atoms with van der Waals surface area (Å²) in [5, 5.41) is 14.5. The van der Waals surface area contributed by atoms with Crippen LogP contribution in [0, 0.1) is 0 Å². The maximum absolute atomic E-state index is 12.5. The fourth-order valence-electron chi connectivity index (χ4n) is 2.92. The maximum Gasteiger partial charge on any atom is 0.335 e. The van der Waals surface area contributed by atoms with Gasteiger partial charge < -0.3 is 38.7 Å². The molecule has 31 heavy (non-hydrogen) atoms. The molecule has 0 radical (unpaired) electrons. The average molecular weight is 420 g/mol. The number of rotatable bonds is 5. The number of carboxylic acid groups (broad SMARTS) is 1. The second-order valence-corrected chi connectivity index (χ2v) is 6.79. The first kappa shape index (κ1) is 21.0. The van der Waals surface area contributed by atoms with E-state index in [4.69, 9.17) is 22.9 Å². The van der Waals surface area contributed by atoms with Crippen molar-refractivity contribution in [2.75, 3.05) is 33.6 Å². The Balaban J connectivity index is 1.89. The van der Waals surface area contributed by atoms with Crippen LogP contribution in [-0.2, 0) is 0 Å². The molecule has 3 rings (SSSR count). The summed E-state index contributed by atoms with van der Waals surface area (Å²) in [6.07, 6.45) is 0. The number of nitrogens with one attached hydrogen (secondary N) is 2. The molecule has 0 saturated carbocycles. The summed E-state index contributed by atoms with van der Waals surface area (Å²) in [4.78, 5) is 36.6. The number of anilines is 6. The molecule has 0 atom stereocenters. The Morgan fingerprint density at radius 2 is 0.903 bits per heavy atom.